The van der Waals surface area contributed by atoms with Gasteiger partial charge in [0.1, 0.15) is 0 Å². The van der Waals surface area contributed by atoms with Crippen molar-refractivity contribution < 1.29 is 9.59 Å². The Morgan fingerprint density at radius 1 is 1.12 bits per heavy atom. The smallest absolute Gasteiger partial charge is 0.273 e. The molecule has 2 heterocycles. The Labute approximate surface area is 150 Å². The van der Waals surface area contributed by atoms with Crippen LogP contribution in [0, 0.1) is 6.92 Å². The van der Waals surface area contributed by atoms with E-state index in [0.717, 1.165) is 17.9 Å². The summed E-state index contributed by atoms with van der Waals surface area (Å²) in [4.78, 5) is 26.7. The minimum absolute atomic E-state index is 0.0201. The number of rotatable bonds is 5. The first-order chi connectivity index (χ1) is 12.1. The molecule has 3 rings (SSSR count). The Bertz CT molecular complexity index is 762. The van der Waals surface area contributed by atoms with E-state index in [-0.39, 0.29) is 17.5 Å². The number of thioether (sulfide) groups is 1. The van der Waals surface area contributed by atoms with Gasteiger partial charge in [0, 0.05) is 25.3 Å². The molecule has 1 saturated heterocycles. The van der Waals surface area contributed by atoms with Gasteiger partial charge in [-0.05, 0) is 31.7 Å². The molecule has 1 aromatic heterocycles. The molecule has 0 radical (unpaired) electrons. The van der Waals surface area contributed by atoms with E-state index < -0.39 is 0 Å². The van der Waals surface area contributed by atoms with Gasteiger partial charge in [-0.1, -0.05) is 18.2 Å². The summed E-state index contributed by atoms with van der Waals surface area (Å²) in [5, 5.41) is 11.8. The summed E-state index contributed by atoms with van der Waals surface area (Å²) < 4.78 is 0. The average molecular weight is 359 g/mol. The Hall–Kier alpha value is -2.35. The molecule has 1 aliphatic heterocycles. The number of aromatic nitrogens is 3. The highest BCUT2D eigenvalue weighted by molar-refractivity contribution is 7.98. The Morgan fingerprint density at radius 2 is 1.84 bits per heavy atom. The fraction of sp³-hybridized carbons (Fsp3) is 0.412. The predicted molar refractivity (Wildman–Crippen MR) is 96.5 cm³/mol. The number of carbonyl (C=O) groups excluding carboxylic acids is 2. The van der Waals surface area contributed by atoms with Crippen LogP contribution in [0.2, 0.25) is 0 Å². The zero-order valence-corrected chi connectivity index (χ0v) is 15.2. The molecule has 2 amide bonds. The van der Waals surface area contributed by atoms with Gasteiger partial charge in [0.15, 0.2) is 5.69 Å². The van der Waals surface area contributed by atoms with Crippen LogP contribution in [0.25, 0.3) is 5.69 Å². The van der Waals surface area contributed by atoms with Crippen LogP contribution in [0.3, 0.4) is 0 Å². The number of amides is 2. The van der Waals surface area contributed by atoms with Crippen LogP contribution in [0.4, 0.5) is 0 Å². The summed E-state index contributed by atoms with van der Waals surface area (Å²) in [7, 11) is 0. The lowest BCUT2D eigenvalue weighted by molar-refractivity contribution is -0.140. The molecule has 132 valence electrons. The molecule has 7 nitrogen and oxygen atoms in total. The normalized spacial score (nSPS) is 14.2. The van der Waals surface area contributed by atoms with Gasteiger partial charge in [0.2, 0.25) is 5.91 Å². The highest BCUT2D eigenvalue weighted by atomic mass is 32.2. The molecule has 0 unspecified atom stereocenters. The highest BCUT2D eigenvalue weighted by Gasteiger charge is 2.33. The monoisotopic (exact) mass is 359 g/mol. The first-order valence-corrected chi connectivity index (χ1v) is 9.61. The van der Waals surface area contributed by atoms with Crippen molar-refractivity contribution in [3.63, 3.8) is 0 Å². The lowest BCUT2D eigenvalue weighted by Crippen LogP contribution is -2.45. The van der Waals surface area contributed by atoms with Crippen molar-refractivity contribution in [3.05, 3.63) is 41.7 Å². The Morgan fingerprint density at radius 3 is 2.56 bits per heavy atom. The summed E-state index contributed by atoms with van der Waals surface area (Å²) >= 11 is 1.62. The van der Waals surface area contributed by atoms with Crippen LogP contribution in [0.15, 0.2) is 30.3 Å². The van der Waals surface area contributed by atoms with Crippen molar-refractivity contribution in [1.82, 2.24) is 25.0 Å². The molecule has 1 aliphatic rings. The number of hydrogen-bond acceptors (Lipinski definition) is 5. The maximum Gasteiger partial charge on any atom is 0.294 e. The molecule has 25 heavy (non-hydrogen) atoms. The molecule has 0 N–H and O–H groups in total. The number of aryl methyl sites for hydroxylation is 1. The standard InChI is InChI=1S/C17H21N5O2S/c1-13-16(19-22(18-13)14-7-4-3-5-8-14)17(24)21-11-6-10-20(21)15(23)9-12-25-2/h3-5,7-8H,6,9-12H2,1-2H3. The summed E-state index contributed by atoms with van der Waals surface area (Å²) in [5.41, 5.74) is 1.63. The minimum Gasteiger partial charge on any atom is -0.273 e. The molecular formula is C17H21N5O2S. The topological polar surface area (TPSA) is 71.3 Å². The van der Waals surface area contributed by atoms with E-state index >= 15 is 0 Å². The predicted octanol–water partition coefficient (Wildman–Crippen LogP) is 1.92. The number of carbonyl (C=O) groups is 2. The van der Waals surface area contributed by atoms with E-state index in [9.17, 15) is 9.59 Å². The Balaban J connectivity index is 1.81. The number of para-hydroxylation sites is 1. The Kier molecular flexibility index (Phi) is 5.37. The second kappa shape index (κ2) is 7.69. The number of hydrogen-bond donors (Lipinski definition) is 0. The molecule has 1 fully saturated rings. The number of benzene rings is 1. The van der Waals surface area contributed by atoms with Gasteiger partial charge in [-0.2, -0.15) is 21.7 Å². The number of hydrazine groups is 1. The van der Waals surface area contributed by atoms with E-state index in [1.165, 1.54) is 9.81 Å². The maximum atomic E-state index is 12.9. The van der Waals surface area contributed by atoms with Gasteiger partial charge in [-0.15, -0.1) is 5.10 Å². The lowest BCUT2D eigenvalue weighted by atomic mass is 10.3. The second-order valence-corrected chi connectivity index (χ2v) is 6.79. The fourth-order valence-electron chi connectivity index (χ4n) is 2.78. The molecule has 2 aromatic rings. The molecular weight excluding hydrogens is 338 g/mol. The van der Waals surface area contributed by atoms with Gasteiger partial charge in [0.25, 0.3) is 5.91 Å². The second-order valence-electron chi connectivity index (χ2n) is 5.80. The van der Waals surface area contributed by atoms with Gasteiger partial charge >= 0.3 is 0 Å². The van der Waals surface area contributed by atoms with Crippen molar-refractivity contribution >= 4 is 23.6 Å². The van der Waals surface area contributed by atoms with Crippen LogP contribution < -0.4 is 0 Å². The quantitative estimate of drug-likeness (QED) is 0.816. The van der Waals surface area contributed by atoms with Crippen LogP contribution in [0.1, 0.15) is 29.0 Å². The summed E-state index contributed by atoms with van der Waals surface area (Å²) in [6.07, 6.45) is 3.18. The lowest BCUT2D eigenvalue weighted by Gasteiger charge is -2.27. The van der Waals surface area contributed by atoms with E-state index in [2.05, 4.69) is 10.2 Å². The molecule has 0 saturated carbocycles. The summed E-state index contributed by atoms with van der Waals surface area (Å²) in [5.74, 6) is 0.462. The minimum atomic E-state index is -0.269. The first kappa shape index (κ1) is 17.5. The van der Waals surface area contributed by atoms with Gasteiger partial charge in [0.05, 0.1) is 11.4 Å². The van der Waals surface area contributed by atoms with Crippen LogP contribution in [0.5, 0.6) is 0 Å². The van der Waals surface area contributed by atoms with Crippen LogP contribution >= 0.6 is 11.8 Å². The maximum absolute atomic E-state index is 12.9. The van der Waals surface area contributed by atoms with Crippen molar-refractivity contribution in [2.75, 3.05) is 25.1 Å². The van der Waals surface area contributed by atoms with Crippen LogP contribution in [-0.2, 0) is 4.79 Å². The fourth-order valence-corrected chi connectivity index (χ4v) is 3.15. The first-order valence-electron chi connectivity index (χ1n) is 8.22. The third-order valence-corrected chi connectivity index (χ3v) is 4.66. The van der Waals surface area contributed by atoms with Crippen molar-refractivity contribution in [1.29, 1.82) is 0 Å². The van der Waals surface area contributed by atoms with Crippen molar-refractivity contribution in [2.24, 2.45) is 0 Å². The van der Waals surface area contributed by atoms with E-state index in [1.807, 2.05) is 36.6 Å². The zero-order valence-electron chi connectivity index (χ0n) is 14.4. The van der Waals surface area contributed by atoms with Crippen molar-refractivity contribution in [2.45, 2.75) is 19.8 Å². The summed E-state index contributed by atoms with van der Waals surface area (Å²) in [6, 6.07) is 9.45. The average Bonchev–Trinajstić information content (AvgIpc) is 3.27. The summed E-state index contributed by atoms with van der Waals surface area (Å²) in [6.45, 7) is 2.86. The third kappa shape index (κ3) is 3.68. The van der Waals surface area contributed by atoms with E-state index in [1.54, 1.807) is 23.7 Å². The van der Waals surface area contributed by atoms with E-state index in [0.29, 0.717) is 25.2 Å². The molecule has 1 aromatic carbocycles. The molecule has 0 spiro atoms. The molecule has 0 bridgehead atoms. The number of nitrogens with zero attached hydrogens (tertiary/aromatic N) is 5. The zero-order chi connectivity index (χ0) is 17.8. The third-order valence-electron chi connectivity index (χ3n) is 4.05. The van der Waals surface area contributed by atoms with Crippen molar-refractivity contribution in [3.8, 4) is 5.69 Å². The van der Waals surface area contributed by atoms with Gasteiger partial charge < -0.3 is 0 Å². The van der Waals surface area contributed by atoms with Gasteiger partial charge in [-0.3, -0.25) is 14.6 Å². The SMILES string of the molecule is CSCCC(=O)N1CCCN1C(=O)c1nn(-c2ccccc2)nc1C. The van der Waals surface area contributed by atoms with Gasteiger partial charge in [-0.25, -0.2) is 5.01 Å². The van der Waals surface area contributed by atoms with Crippen LogP contribution in [-0.4, -0.2) is 61.9 Å². The largest absolute Gasteiger partial charge is 0.294 e. The highest BCUT2D eigenvalue weighted by Crippen LogP contribution is 2.18. The van der Waals surface area contributed by atoms with E-state index in [4.69, 9.17) is 0 Å². The molecule has 0 atom stereocenters. The molecule has 8 heteroatoms. The molecule has 0 aliphatic carbocycles.